The van der Waals surface area contributed by atoms with E-state index in [0.717, 1.165) is 51.1 Å². The van der Waals surface area contributed by atoms with Gasteiger partial charge in [0.15, 0.2) is 6.35 Å². The monoisotopic (exact) mass is 477 g/mol. The number of hydrogen-bond donors (Lipinski definition) is 1. The lowest BCUT2D eigenvalue weighted by molar-refractivity contribution is -0.116. The second-order valence-electron chi connectivity index (χ2n) is 11.9. The second-order valence-corrected chi connectivity index (χ2v) is 11.9. The van der Waals surface area contributed by atoms with Crippen LogP contribution in [0.1, 0.15) is 63.0 Å². The Morgan fingerprint density at radius 1 is 0.943 bits per heavy atom. The van der Waals surface area contributed by atoms with Crippen molar-refractivity contribution in [2.24, 2.45) is 5.41 Å². The summed E-state index contributed by atoms with van der Waals surface area (Å²) < 4.78 is 5.34. The third-order valence-electron chi connectivity index (χ3n) is 9.54. The molecule has 0 amide bonds. The molecule has 190 valence electrons. The van der Waals surface area contributed by atoms with Crippen molar-refractivity contribution in [3.05, 3.63) is 65.7 Å². The molecule has 0 aromatic heterocycles. The van der Waals surface area contributed by atoms with Gasteiger partial charge >= 0.3 is 0 Å². The molecule has 2 saturated carbocycles. The van der Waals surface area contributed by atoms with Crippen molar-refractivity contribution in [1.82, 2.24) is 14.7 Å². The molecule has 1 N–H and O–H groups in total. The van der Waals surface area contributed by atoms with E-state index in [0.29, 0.717) is 5.41 Å². The van der Waals surface area contributed by atoms with Crippen molar-refractivity contribution in [3.8, 4) is 5.75 Å². The van der Waals surface area contributed by atoms with Crippen molar-refractivity contribution in [1.29, 1.82) is 0 Å². The van der Waals surface area contributed by atoms with Crippen LogP contribution in [0.2, 0.25) is 0 Å². The summed E-state index contributed by atoms with van der Waals surface area (Å²) in [6.45, 7) is 5.10. The van der Waals surface area contributed by atoms with Crippen LogP contribution in [0.4, 0.5) is 0 Å². The third-order valence-corrected chi connectivity index (χ3v) is 9.54. The molecular formula is C30H43N3O2. The van der Waals surface area contributed by atoms with E-state index in [1.165, 1.54) is 30.4 Å². The van der Waals surface area contributed by atoms with Gasteiger partial charge in [0.05, 0.1) is 7.11 Å². The average Bonchev–Trinajstić information content (AvgIpc) is 3.09. The van der Waals surface area contributed by atoms with Gasteiger partial charge in [0.1, 0.15) is 5.75 Å². The van der Waals surface area contributed by atoms with Gasteiger partial charge in [0.2, 0.25) is 0 Å². The smallest absolute Gasteiger partial charge is 0.166 e. The summed E-state index contributed by atoms with van der Waals surface area (Å²) in [5.41, 5.74) is 3.07. The zero-order valence-electron chi connectivity index (χ0n) is 22.0. The molecule has 1 atom stereocenters. The van der Waals surface area contributed by atoms with Crippen molar-refractivity contribution in [2.75, 3.05) is 34.3 Å². The highest BCUT2D eigenvalue weighted by Gasteiger charge is 2.56. The highest BCUT2D eigenvalue weighted by molar-refractivity contribution is 5.28. The molecule has 0 bridgehead atoms. The molecule has 1 aliphatic heterocycles. The number of aliphatic hydroxyl groups is 1. The first-order valence-electron chi connectivity index (χ1n) is 13.3. The highest BCUT2D eigenvalue weighted by Crippen LogP contribution is 2.52. The van der Waals surface area contributed by atoms with E-state index in [1.54, 1.807) is 7.11 Å². The van der Waals surface area contributed by atoms with Crippen molar-refractivity contribution >= 4 is 0 Å². The van der Waals surface area contributed by atoms with Gasteiger partial charge in [-0.3, -0.25) is 14.7 Å². The van der Waals surface area contributed by atoms with E-state index >= 15 is 0 Å². The Bertz CT molecular complexity index is 978. The average molecular weight is 478 g/mol. The summed E-state index contributed by atoms with van der Waals surface area (Å²) in [7, 11) is 6.17. The zero-order chi connectivity index (χ0) is 24.7. The molecule has 1 heterocycles. The minimum Gasteiger partial charge on any atom is -0.497 e. The fourth-order valence-corrected chi connectivity index (χ4v) is 7.01. The van der Waals surface area contributed by atoms with E-state index < -0.39 is 6.35 Å². The van der Waals surface area contributed by atoms with Gasteiger partial charge in [-0.1, -0.05) is 55.8 Å². The molecule has 5 heteroatoms. The minimum atomic E-state index is -0.530. The molecule has 1 spiro atoms. The summed E-state index contributed by atoms with van der Waals surface area (Å²) in [5, 5.41) is 11.7. The van der Waals surface area contributed by atoms with Gasteiger partial charge in [0, 0.05) is 30.7 Å². The first-order chi connectivity index (χ1) is 16.8. The molecule has 1 unspecified atom stereocenters. The van der Waals surface area contributed by atoms with Gasteiger partial charge in [-0.2, -0.15) is 0 Å². The number of nitrogens with zero attached hydrogens (tertiary/aromatic N) is 3. The van der Waals surface area contributed by atoms with E-state index in [4.69, 9.17) is 4.74 Å². The largest absolute Gasteiger partial charge is 0.497 e. The van der Waals surface area contributed by atoms with Crippen molar-refractivity contribution < 1.29 is 9.84 Å². The molecule has 5 nitrogen and oxygen atoms in total. The summed E-state index contributed by atoms with van der Waals surface area (Å²) >= 11 is 0. The predicted octanol–water partition coefficient (Wildman–Crippen LogP) is 5.05. The van der Waals surface area contributed by atoms with E-state index in [2.05, 4.69) is 78.2 Å². The molecule has 2 aromatic carbocycles. The van der Waals surface area contributed by atoms with E-state index in [1.807, 2.05) is 12.1 Å². The molecule has 5 rings (SSSR count). The summed E-state index contributed by atoms with van der Waals surface area (Å²) in [5.74, 6) is 0.875. The number of benzene rings is 2. The third kappa shape index (κ3) is 4.53. The fraction of sp³-hybridized carbons (Fsp3) is 0.600. The quantitative estimate of drug-likeness (QED) is 0.604. The van der Waals surface area contributed by atoms with Gasteiger partial charge < -0.3 is 9.84 Å². The molecule has 1 saturated heterocycles. The summed E-state index contributed by atoms with van der Waals surface area (Å²) in [6.07, 6.45) is 7.77. The molecule has 3 fully saturated rings. The Hall–Kier alpha value is -1.92. The summed E-state index contributed by atoms with van der Waals surface area (Å²) in [4.78, 5) is 7.24. The second kappa shape index (κ2) is 9.51. The number of hydrogen-bond acceptors (Lipinski definition) is 5. The maximum atomic E-state index is 11.7. The van der Waals surface area contributed by atoms with Crippen LogP contribution in [0.15, 0.2) is 54.6 Å². The Kier molecular flexibility index (Phi) is 6.73. The molecular weight excluding hydrogens is 434 g/mol. The molecule has 2 aliphatic carbocycles. The van der Waals surface area contributed by atoms with Gasteiger partial charge in [-0.15, -0.1) is 0 Å². The topological polar surface area (TPSA) is 39.2 Å². The van der Waals surface area contributed by atoms with Crippen LogP contribution in [0.3, 0.4) is 0 Å². The Labute approximate surface area is 211 Å². The van der Waals surface area contributed by atoms with Crippen molar-refractivity contribution in [3.63, 3.8) is 0 Å². The van der Waals surface area contributed by atoms with Gasteiger partial charge in [0.25, 0.3) is 0 Å². The number of ether oxygens (including phenoxy) is 1. The minimum absolute atomic E-state index is 0.0266. The van der Waals surface area contributed by atoms with Crippen LogP contribution >= 0.6 is 0 Å². The van der Waals surface area contributed by atoms with Crippen molar-refractivity contribution in [2.45, 2.75) is 75.8 Å². The lowest BCUT2D eigenvalue weighted by Crippen LogP contribution is -2.58. The number of methoxy groups -OCH3 is 1. The van der Waals surface area contributed by atoms with Crippen LogP contribution in [0.5, 0.6) is 5.75 Å². The van der Waals surface area contributed by atoms with E-state index in [-0.39, 0.29) is 11.1 Å². The number of aliphatic hydroxyl groups excluding tert-OH is 1. The summed E-state index contributed by atoms with van der Waals surface area (Å²) in [6, 6.07) is 19.3. The fourth-order valence-electron chi connectivity index (χ4n) is 7.01. The van der Waals surface area contributed by atoms with Crippen LogP contribution in [-0.4, -0.2) is 66.0 Å². The lowest BCUT2D eigenvalue weighted by Gasteiger charge is -2.53. The standard InChI is InChI=1S/C30H43N3O2/c1-28(15-8-16-28)22-33-27(34)32(21-24-11-13-26(35-4)14-12-24)23-29(33)17-19-30(20-18-29,31(2)3)25-9-6-5-7-10-25/h5-7,9-14,27,34H,8,15-23H2,1-4H3. The van der Waals surface area contributed by atoms with Gasteiger partial charge in [-0.25, -0.2) is 0 Å². The first kappa shape index (κ1) is 24.8. The van der Waals surface area contributed by atoms with Crippen LogP contribution < -0.4 is 4.74 Å². The molecule has 0 radical (unpaired) electrons. The normalized spacial score (nSPS) is 31.1. The lowest BCUT2D eigenvalue weighted by atomic mass is 9.66. The van der Waals surface area contributed by atoms with Crippen LogP contribution in [0, 0.1) is 5.41 Å². The SMILES string of the molecule is COc1ccc(CN2CC3(CCC(c4ccccc4)(N(C)C)CC3)N(CC3(C)CCC3)C2O)cc1. The molecule has 2 aromatic rings. The zero-order valence-corrected chi connectivity index (χ0v) is 22.0. The predicted molar refractivity (Wildman–Crippen MR) is 141 cm³/mol. The maximum absolute atomic E-state index is 11.7. The molecule has 3 aliphatic rings. The highest BCUT2D eigenvalue weighted by atomic mass is 16.5. The van der Waals surface area contributed by atoms with Crippen LogP contribution in [-0.2, 0) is 12.1 Å². The maximum Gasteiger partial charge on any atom is 0.166 e. The number of rotatable bonds is 7. The Morgan fingerprint density at radius 2 is 1.60 bits per heavy atom. The molecule has 35 heavy (non-hydrogen) atoms. The van der Waals surface area contributed by atoms with Crippen LogP contribution in [0.25, 0.3) is 0 Å². The Morgan fingerprint density at radius 3 is 2.14 bits per heavy atom. The Balaban J connectivity index is 1.40. The van der Waals surface area contributed by atoms with E-state index in [9.17, 15) is 5.11 Å². The first-order valence-corrected chi connectivity index (χ1v) is 13.3. The van der Waals surface area contributed by atoms with Gasteiger partial charge in [-0.05, 0) is 81.3 Å².